The largest absolute Gasteiger partial charge is 0.480 e. The van der Waals surface area contributed by atoms with Crippen LogP contribution < -0.4 is 0 Å². The molecule has 0 unspecified atom stereocenters. The van der Waals surface area contributed by atoms with Gasteiger partial charge in [0.2, 0.25) is 5.90 Å². The highest BCUT2D eigenvalue weighted by Gasteiger charge is 1.98. The van der Waals surface area contributed by atoms with E-state index < -0.39 is 0 Å². The first kappa shape index (κ1) is 6.67. The third-order valence-electron chi connectivity index (χ3n) is 1.02. The zero-order valence-electron chi connectivity index (χ0n) is 5.53. The van der Waals surface area contributed by atoms with Crippen LogP contribution in [-0.2, 0) is 4.74 Å². The van der Waals surface area contributed by atoms with Gasteiger partial charge in [-0.25, -0.2) is 9.97 Å². The van der Waals surface area contributed by atoms with Crippen molar-refractivity contribution in [3.05, 3.63) is 24.3 Å². The third-order valence-corrected chi connectivity index (χ3v) is 1.02. The van der Waals surface area contributed by atoms with Crippen LogP contribution in [-0.4, -0.2) is 23.0 Å². The minimum atomic E-state index is 0.0578. The number of hydrogen-bond donors (Lipinski definition) is 1. The van der Waals surface area contributed by atoms with E-state index in [1.807, 2.05) is 0 Å². The number of ether oxygens (including phenoxy) is 1. The van der Waals surface area contributed by atoms with E-state index in [9.17, 15) is 0 Å². The first-order chi connectivity index (χ1) is 4.84. The van der Waals surface area contributed by atoms with Gasteiger partial charge >= 0.3 is 0 Å². The number of nitrogens with one attached hydrogen (secondary N) is 1. The highest BCUT2D eigenvalue weighted by Crippen LogP contribution is 1.91. The molecule has 0 aliphatic heterocycles. The van der Waals surface area contributed by atoms with E-state index in [-0.39, 0.29) is 5.90 Å². The molecular formula is C6H7N3O. The molecule has 1 N–H and O–H groups in total. The van der Waals surface area contributed by atoms with E-state index in [4.69, 9.17) is 5.41 Å². The topological polar surface area (TPSA) is 58.9 Å². The lowest BCUT2D eigenvalue weighted by atomic mass is 10.4. The summed E-state index contributed by atoms with van der Waals surface area (Å²) in [6.45, 7) is 0. The van der Waals surface area contributed by atoms with Crippen LogP contribution in [0, 0.1) is 5.41 Å². The summed E-state index contributed by atoms with van der Waals surface area (Å²) in [7, 11) is 1.43. The minimum Gasteiger partial charge on any atom is -0.480 e. The maximum Gasteiger partial charge on any atom is 0.232 e. The molecule has 10 heavy (non-hydrogen) atoms. The molecule has 52 valence electrons. The van der Waals surface area contributed by atoms with Crippen LogP contribution in [0.4, 0.5) is 0 Å². The van der Waals surface area contributed by atoms with Crippen molar-refractivity contribution in [1.29, 1.82) is 5.41 Å². The van der Waals surface area contributed by atoms with Gasteiger partial charge in [-0.2, -0.15) is 0 Å². The highest BCUT2D eigenvalue weighted by atomic mass is 16.5. The second-order valence-electron chi connectivity index (χ2n) is 1.63. The summed E-state index contributed by atoms with van der Waals surface area (Å²) in [5, 5.41) is 7.17. The zero-order chi connectivity index (χ0) is 7.40. The number of methoxy groups -OCH3 is 1. The molecule has 0 aliphatic carbocycles. The monoisotopic (exact) mass is 137 g/mol. The van der Waals surface area contributed by atoms with Gasteiger partial charge in [-0.05, 0) is 6.07 Å². The lowest BCUT2D eigenvalue weighted by molar-refractivity contribution is 0.399. The van der Waals surface area contributed by atoms with Crippen LogP contribution in [0.15, 0.2) is 18.6 Å². The van der Waals surface area contributed by atoms with Crippen molar-refractivity contribution < 1.29 is 4.74 Å². The number of aromatic nitrogens is 2. The van der Waals surface area contributed by atoms with Gasteiger partial charge in [-0.1, -0.05) is 0 Å². The molecule has 4 nitrogen and oxygen atoms in total. The Kier molecular flexibility index (Phi) is 1.94. The average Bonchev–Trinajstić information content (AvgIpc) is 2.05. The molecule has 4 heteroatoms. The molecule has 0 bridgehead atoms. The Morgan fingerprint density at radius 1 is 1.70 bits per heavy atom. The first-order valence-electron chi connectivity index (χ1n) is 2.73. The highest BCUT2D eigenvalue weighted by molar-refractivity contribution is 5.89. The van der Waals surface area contributed by atoms with Crippen LogP contribution in [0.1, 0.15) is 5.69 Å². The molecule has 0 aromatic carbocycles. The zero-order valence-corrected chi connectivity index (χ0v) is 5.53. The maximum absolute atomic E-state index is 7.17. The molecule has 0 saturated carbocycles. The summed E-state index contributed by atoms with van der Waals surface area (Å²) < 4.78 is 4.63. The standard InChI is InChI=1S/C6H7N3O/c1-10-6(7)5-2-3-8-4-9-5/h2-4,7H,1H3. The van der Waals surface area contributed by atoms with Gasteiger partial charge in [-0.15, -0.1) is 0 Å². The third kappa shape index (κ3) is 1.28. The molecule has 1 aromatic rings. The molecule has 0 saturated heterocycles. The van der Waals surface area contributed by atoms with Crippen molar-refractivity contribution in [1.82, 2.24) is 9.97 Å². The summed E-state index contributed by atoms with van der Waals surface area (Å²) >= 11 is 0. The number of nitrogens with zero attached hydrogens (tertiary/aromatic N) is 2. The average molecular weight is 137 g/mol. The number of hydrogen-bond acceptors (Lipinski definition) is 4. The molecule has 0 spiro atoms. The molecule has 0 amide bonds. The Hall–Kier alpha value is -1.45. The van der Waals surface area contributed by atoms with E-state index in [2.05, 4.69) is 14.7 Å². The van der Waals surface area contributed by atoms with Crippen LogP contribution in [0.5, 0.6) is 0 Å². The molecule has 0 atom stereocenters. The van der Waals surface area contributed by atoms with Crippen molar-refractivity contribution in [2.24, 2.45) is 0 Å². The fraction of sp³-hybridized carbons (Fsp3) is 0.167. The predicted molar refractivity (Wildman–Crippen MR) is 35.9 cm³/mol. The fourth-order valence-corrected chi connectivity index (χ4v) is 0.530. The summed E-state index contributed by atoms with van der Waals surface area (Å²) in [5.41, 5.74) is 0.498. The molecule has 0 radical (unpaired) electrons. The second kappa shape index (κ2) is 2.91. The fourth-order valence-electron chi connectivity index (χ4n) is 0.530. The van der Waals surface area contributed by atoms with E-state index >= 15 is 0 Å². The Balaban J connectivity index is 2.85. The van der Waals surface area contributed by atoms with Crippen LogP contribution in [0.25, 0.3) is 0 Å². The van der Waals surface area contributed by atoms with Crippen LogP contribution in [0.2, 0.25) is 0 Å². The SMILES string of the molecule is COC(=N)c1ccncn1. The lowest BCUT2D eigenvalue weighted by Gasteiger charge is -1.97. The van der Waals surface area contributed by atoms with Gasteiger partial charge in [-0.3, -0.25) is 5.41 Å². The van der Waals surface area contributed by atoms with E-state index in [0.717, 1.165) is 0 Å². The summed E-state index contributed by atoms with van der Waals surface area (Å²) in [4.78, 5) is 7.49. The molecule has 0 aliphatic rings. The molecule has 1 aromatic heterocycles. The lowest BCUT2D eigenvalue weighted by Crippen LogP contribution is -2.03. The minimum absolute atomic E-state index is 0.0578. The number of rotatable bonds is 1. The van der Waals surface area contributed by atoms with Crippen molar-refractivity contribution in [3.8, 4) is 0 Å². The molecular weight excluding hydrogens is 130 g/mol. The van der Waals surface area contributed by atoms with E-state index in [1.54, 1.807) is 12.3 Å². The van der Waals surface area contributed by atoms with Gasteiger partial charge < -0.3 is 4.74 Å². The van der Waals surface area contributed by atoms with Gasteiger partial charge in [0.25, 0.3) is 0 Å². The van der Waals surface area contributed by atoms with E-state index in [0.29, 0.717) is 5.69 Å². The van der Waals surface area contributed by atoms with Crippen molar-refractivity contribution in [3.63, 3.8) is 0 Å². The van der Waals surface area contributed by atoms with Gasteiger partial charge in [0.15, 0.2) is 0 Å². The van der Waals surface area contributed by atoms with Gasteiger partial charge in [0.1, 0.15) is 12.0 Å². The maximum atomic E-state index is 7.17. The van der Waals surface area contributed by atoms with Gasteiger partial charge in [0, 0.05) is 6.20 Å². The van der Waals surface area contributed by atoms with E-state index in [1.165, 1.54) is 13.4 Å². The summed E-state index contributed by atoms with van der Waals surface area (Å²) in [5.74, 6) is 0.0578. The summed E-state index contributed by atoms with van der Waals surface area (Å²) in [6, 6.07) is 1.62. The van der Waals surface area contributed by atoms with Crippen LogP contribution in [0.3, 0.4) is 0 Å². The summed E-state index contributed by atoms with van der Waals surface area (Å²) in [6.07, 6.45) is 2.94. The van der Waals surface area contributed by atoms with Crippen molar-refractivity contribution in [2.45, 2.75) is 0 Å². The van der Waals surface area contributed by atoms with Crippen molar-refractivity contribution in [2.75, 3.05) is 7.11 Å². The second-order valence-corrected chi connectivity index (χ2v) is 1.63. The first-order valence-corrected chi connectivity index (χ1v) is 2.73. The smallest absolute Gasteiger partial charge is 0.232 e. The van der Waals surface area contributed by atoms with Gasteiger partial charge in [0.05, 0.1) is 7.11 Å². The molecule has 1 rings (SSSR count). The molecule has 0 fully saturated rings. The quantitative estimate of drug-likeness (QED) is 0.451. The Bertz CT molecular complexity index is 222. The Morgan fingerprint density at radius 2 is 2.50 bits per heavy atom. The van der Waals surface area contributed by atoms with Crippen LogP contribution >= 0.6 is 0 Å². The molecule has 1 heterocycles. The van der Waals surface area contributed by atoms with Crippen molar-refractivity contribution >= 4 is 5.90 Å². The Morgan fingerprint density at radius 3 is 3.00 bits per heavy atom. The Labute approximate surface area is 58.4 Å². The normalized spacial score (nSPS) is 8.90. The predicted octanol–water partition coefficient (Wildman–Crippen LogP) is 0.448.